The number of nitrogens with zero attached hydrogens (tertiary/aromatic N) is 2. The molecule has 0 fully saturated rings. The van der Waals surface area contributed by atoms with E-state index in [-0.39, 0.29) is 5.56 Å². The maximum Gasteiger partial charge on any atom is 0.261 e. The standard InChI is InChI=1S/C14H14BrN3O/c15-11-1-2-13-12(7-11)14(19)18(9-17-13)8-10-3-5-16-6-4-10/h1-3,7,9,16H,4-6,8H2. The smallest absolute Gasteiger partial charge is 0.261 e. The van der Waals surface area contributed by atoms with Gasteiger partial charge in [0.1, 0.15) is 0 Å². The lowest BCUT2D eigenvalue weighted by Gasteiger charge is -2.15. The summed E-state index contributed by atoms with van der Waals surface area (Å²) in [4.78, 5) is 16.8. The second-order valence-corrected chi connectivity index (χ2v) is 5.57. The predicted octanol–water partition coefficient (Wildman–Crippen LogP) is 2.08. The third kappa shape index (κ3) is 2.62. The molecule has 1 N–H and O–H groups in total. The van der Waals surface area contributed by atoms with E-state index in [1.807, 2.05) is 18.2 Å². The van der Waals surface area contributed by atoms with Gasteiger partial charge < -0.3 is 5.32 Å². The van der Waals surface area contributed by atoms with Gasteiger partial charge in [0.25, 0.3) is 5.56 Å². The summed E-state index contributed by atoms with van der Waals surface area (Å²) in [5, 5.41) is 3.93. The van der Waals surface area contributed by atoms with E-state index in [1.54, 1.807) is 10.9 Å². The molecule has 0 saturated heterocycles. The quantitative estimate of drug-likeness (QED) is 0.862. The van der Waals surface area contributed by atoms with Gasteiger partial charge in [-0.3, -0.25) is 9.36 Å². The first-order valence-electron chi connectivity index (χ1n) is 6.27. The van der Waals surface area contributed by atoms with Crippen molar-refractivity contribution in [2.24, 2.45) is 0 Å². The highest BCUT2D eigenvalue weighted by atomic mass is 79.9. The molecular weight excluding hydrogens is 306 g/mol. The van der Waals surface area contributed by atoms with Crippen LogP contribution in [0.25, 0.3) is 10.9 Å². The summed E-state index contributed by atoms with van der Waals surface area (Å²) in [6.45, 7) is 2.50. The highest BCUT2D eigenvalue weighted by Crippen LogP contribution is 2.15. The van der Waals surface area contributed by atoms with Crippen molar-refractivity contribution in [2.45, 2.75) is 13.0 Å². The highest BCUT2D eigenvalue weighted by molar-refractivity contribution is 9.10. The highest BCUT2D eigenvalue weighted by Gasteiger charge is 2.08. The monoisotopic (exact) mass is 319 g/mol. The molecule has 19 heavy (non-hydrogen) atoms. The summed E-state index contributed by atoms with van der Waals surface area (Å²) < 4.78 is 2.59. The lowest BCUT2D eigenvalue weighted by atomic mass is 10.1. The van der Waals surface area contributed by atoms with E-state index in [4.69, 9.17) is 0 Å². The number of fused-ring (bicyclic) bond motifs is 1. The van der Waals surface area contributed by atoms with Crippen LogP contribution in [0.4, 0.5) is 0 Å². The lowest BCUT2D eigenvalue weighted by Crippen LogP contribution is -2.26. The Balaban J connectivity index is 2.02. The van der Waals surface area contributed by atoms with Crippen molar-refractivity contribution in [3.05, 3.63) is 51.0 Å². The Kier molecular flexibility index (Phi) is 3.48. The summed E-state index contributed by atoms with van der Waals surface area (Å²) in [5.41, 5.74) is 2.05. The average Bonchev–Trinajstić information content (AvgIpc) is 2.44. The van der Waals surface area contributed by atoms with Gasteiger partial charge in [0.2, 0.25) is 0 Å². The number of halogens is 1. The first kappa shape index (κ1) is 12.6. The molecule has 0 aliphatic carbocycles. The van der Waals surface area contributed by atoms with Crippen molar-refractivity contribution in [3.8, 4) is 0 Å². The van der Waals surface area contributed by atoms with Crippen LogP contribution in [0.1, 0.15) is 6.42 Å². The van der Waals surface area contributed by atoms with Crippen LogP contribution in [0.2, 0.25) is 0 Å². The second-order valence-electron chi connectivity index (χ2n) is 4.66. The zero-order chi connectivity index (χ0) is 13.2. The van der Waals surface area contributed by atoms with Crippen LogP contribution in [0.5, 0.6) is 0 Å². The average molecular weight is 320 g/mol. The van der Waals surface area contributed by atoms with E-state index in [0.717, 1.165) is 29.5 Å². The van der Waals surface area contributed by atoms with E-state index >= 15 is 0 Å². The largest absolute Gasteiger partial charge is 0.313 e. The molecular formula is C14H14BrN3O. The van der Waals surface area contributed by atoms with Crippen LogP contribution >= 0.6 is 15.9 Å². The summed E-state index contributed by atoms with van der Waals surface area (Å²) in [7, 11) is 0. The van der Waals surface area contributed by atoms with Crippen LogP contribution in [-0.4, -0.2) is 22.6 Å². The molecule has 4 nitrogen and oxygen atoms in total. The molecule has 3 rings (SSSR count). The Labute approximate surface area is 119 Å². The Morgan fingerprint density at radius 3 is 3.11 bits per heavy atom. The van der Waals surface area contributed by atoms with Gasteiger partial charge >= 0.3 is 0 Å². The predicted molar refractivity (Wildman–Crippen MR) is 79.3 cm³/mol. The summed E-state index contributed by atoms with van der Waals surface area (Å²) in [6.07, 6.45) is 4.78. The van der Waals surface area contributed by atoms with Crippen LogP contribution in [0.15, 0.2) is 45.4 Å². The zero-order valence-corrected chi connectivity index (χ0v) is 12.0. The first-order valence-corrected chi connectivity index (χ1v) is 7.07. The normalized spacial score (nSPS) is 15.5. The second kappa shape index (κ2) is 5.27. The van der Waals surface area contributed by atoms with E-state index in [2.05, 4.69) is 32.3 Å². The van der Waals surface area contributed by atoms with E-state index in [1.165, 1.54) is 5.57 Å². The number of nitrogens with one attached hydrogen (secondary N) is 1. The van der Waals surface area contributed by atoms with E-state index < -0.39 is 0 Å². The molecule has 2 aromatic rings. The molecule has 1 aromatic carbocycles. The van der Waals surface area contributed by atoms with Gasteiger partial charge in [0, 0.05) is 17.6 Å². The van der Waals surface area contributed by atoms with Crippen LogP contribution < -0.4 is 10.9 Å². The van der Waals surface area contributed by atoms with Gasteiger partial charge in [0.05, 0.1) is 17.2 Å². The molecule has 0 amide bonds. The molecule has 0 atom stereocenters. The first-order chi connectivity index (χ1) is 9.24. The molecule has 0 saturated carbocycles. The van der Waals surface area contributed by atoms with Crippen LogP contribution in [-0.2, 0) is 6.54 Å². The van der Waals surface area contributed by atoms with Crippen LogP contribution in [0, 0.1) is 0 Å². The fourth-order valence-electron chi connectivity index (χ4n) is 2.28. The molecule has 0 radical (unpaired) electrons. The van der Waals surface area contributed by atoms with Gasteiger partial charge in [-0.05, 0) is 31.2 Å². The topological polar surface area (TPSA) is 46.9 Å². The fraction of sp³-hybridized carbons (Fsp3) is 0.286. The minimum atomic E-state index is 0.0192. The minimum absolute atomic E-state index is 0.0192. The fourth-order valence-corrected chi connectivity index (χ4v) is 2.64. The van der Waals surface area contributed by atoms with Crippen molar-refractivity contribution in [1.82, 2.24) is 14.9 Å². The molecule has 1 aromatic heterocycles. The number of hydrogen-bond acceptors (Lipinski definition) is 3. The van der Waals surface area contributed by atoms with Crippen LogP contribution in [0.3, 0.4) is 0 Å². The Morgan fingerprint density at radius 1 is 1.42 bits per heavy atom. The minimum Gasteiger partial charge on any atom is -0.313 e. The summed E-state index contributed by atoms with van der Waals surface area (Å²) in [6, 6.07) is 5.58. The molecule has 0 spiro atoms. The lowest BCUT2D eigenvalue weighted by molar-refractivity contribution is 0.638. The third-order valence-corrected chi connectivity index (χ3v) is 3.81. The van der Waals surface area contributed by atoms with E-state index in [0.29, 0.717) is 11.9 Å². The summed E-state index contributed by atoms with van der Waals surface area (Å²) >= 11 is 3.39. The van der Waals surface area contributed by atoms with Gasteiger partial charge in [-0.2, -0.15) is 0 Å². The summed E-state index contributed by atoms with van der Waals surface area (Å²) in [5.74, 6) is 0. The number of aromatic nitrogens is 2. The maximum absolute atomic E-state index is 12.4. The van der Waals surface area contributed by atoms with Gasteiger partial charge in [0.15, 0.2) is 0 Å². The van der Waals surface area contributed by atoms with Crippen molar-refractivity contribution in [1.29, 1.82) is 0 Å². The Morgan fingerprint density at radius 2 is 2.32 bits per heavy atom. The number of benzene rings is 1. The zero-order valence-electron chi connectivity index (χ0n) is 10.4. The molecule has 1 aliphatic heterocycles. The Hall–Kier alpha value is -1.46. The van der Waals surface area contributed by atoms with Crippen molar-refractivity contribution < 1.29 is 0 Å². The van der Waals surface area contributed by atoms with Gasteiger partial charge in [-0.25, -0.2) is 4.98 Å². The molecule has 0 unspecified atom stereocenters. The Bertz CT molecular complexity index is 705. The van der Waals surface area contributed by atoms with Crippen molar-refractivity contribution in [2.75, 3.05) is 13.1 Å². The SMILES string of the molecule is O=c1c2cc(Br)ccc2ncn1CC1=CCNCC1. The number of hydrogen-bond donors (Lipinski definition) is 1. The molecule has 98 valence electrons. The molecule has 2 heterocycles. The molecule has 0 bridgehead atoms. The maximum atomic E-state index is 12.4. The third-order valence-electron chi connectivity index (χ3n) is 3.32. The van der Waals surface area contributed by atoms with E-state index in [9.17, 15) is 4.79 Å². The van der Waals surface area contributed by atoms with Crippen molar-refractivity contribution >= 4 is 26.8 Å². The number of rotatable bonds is 2. The van der Waals surface area contributed by atoms with Gasteiger partial charge in [-0.1, -0.05) is 27.6 Å². The molecule has 1 aliphatic rings. The van der Waals surface area contributed by atoms with Gasteiger partial charge in [-0.15, -0.1) is 0 Å². The van der Waals surface area contributed by atoms with Crippen molar-refractivity contribution in [3.63, 3.8) is 0 Å². The molecule has 5 heteroatoms.